The lowest BCUT2D eigenvalue weighted by Gasteiger charge is -2.12. The summed E-state index contributed by atoms with van der Waals surface area (Å²) in [6.07, 6.45) is 0. The minimum atomic E-state index is 0.591. The molecule has 0 atom stereocenters. The highest BCUT2D eigenvalue weighted by molar-refractivity contribution is 6.17. The molecule has 4 heterocycles. The van der Waals surface area contributed by atoms with Gasteiger partial charge in [-0.2, -0.15) is 0 Å². The minimum absolute atomic E-state index is 0.591. The van der Waals surface area contributed by atoms with Crippen molar-refractivity contribution in [2.75, 3.05) is 0 Å². The molecule has 0 saturated heterocycles. The first-order valence-corrected chi connectivity index (χ1v) is 19.0. The molecule has 12 rings (SSSR count). The maximum absolute atomic E-state index is 6.37. The molecule has 0 fully saturated rings. The van der Waals surface area contributed by atoms with Crippen LogP contribution in [0.2, 0.25) is 0 Å². The van der Waals surface area contributed by atoms with Crippen LogP contribution in [0.15, 0.2) is 191 Å². The topological polar surface area (TPSA) is 69.9 Å². The standard InChI is InChI=1S/C51H30N4O2/c1-2-13-31(14-3-1)49-52-50(54-51(53-49)39-22-12-26-46-48(39)38-21-6-9-25-45(38)56-46)34-17-10-15-32(27-34)33-16-11-18-35(28-33)55-42-23-7-4-19-36(42)40-29-41-37-20-5-8-24-44(37)57-47(41)30-43(40)55/h1-30H. The maximum atomic E-state index is 6.37. The van der Waals surface area contributed by atoms with Gasteiger partial charge < -0.3 is 13.4 Å². The molecule has 0 spiro atoms. The van der Waals surface area contributed by atoms with Gasteiger partial charge >= 0.3 is 0 Å². The molecule has 8 aromatic carbocycles. The Kier molecular flexibility index (Phi) is 6.83. The number of benzene rings is 8. The highest BCUT2D eigenvalue weighted by Gasteiger charge is 2.19. The zero-order valence-electron chi connectivity index (χ0n) is 30.4. The summed E-state index contributed by atoms with van der Waals surface area (Å²) in [4.78, 5) is 15.3. The van der Waals surface area contributed by atoms with E-state index < -0.39 is 0 Å². The van der Waals surface area contributed by atoms with Gasteiger partial charge in [-0.25, -0.2) is 15.0 Å². The van der Waals surface area contributed by atoms with Crippen molar-refractivity contribution in [2.24, 2.45) is 0 Å². The van der Waals surface area contributed by atoms with E-state index in [1.807, 2.05) is 72.8 Å². The first-order valence-electron chi connectivity index (χ1n) is 19.0. The van der Waals surface area contributed by atoms with Gasteiger partial charge in [-0.15, -0.1) is 0 Å². The molecule has 0 saturated carbocycles. The Balaban J connectivity index is 1.01. The fourth-order valence-electron chi connectivity index (χ4n) is 8.43. The highest BCUT2D eigenvalue weighted by Crippen LogP contribution is 2.40. The maximum Gasteiger partial charge on any atom is 0.164 e. The van der Waals surface area contributed by atoms with Crippen molar-refractivity contribution in [3.05, 3.63) is 182 Å². The summed E-state index contributed by atoms with van der Waals surface area (Å²) in [5.41, 5.74) is 11.5. The number of aromatic nitrogens is 4. The van der Waals surface area contributed by atoms with Crippen molar-refractivity contribution in [3.63, 3.8) is 0 Å². The normalized spacial score (nSPS) is 11.9. The Morgan fingerprint density at radius 1 is 0.333 bits per heavy atom. The number of para-hydroxylation sites is 3. The van der Waals surface area contributed by atoms with Gasteiger partial charge in [0.2, 0.25) is 0 Å². The van der Waals surface area contributed by atoms with E-state index in [0.717, 1.165) is 88.4 Å². The minimum Gasteiger partial charge on any atom is -0.456 e. The molecule has 57 heavy (non-hydrogen) atoms. The van der Waals surface area contributed by atoms with E-state index in [2.05, 4.69) is 114 Å². The van der Waals surface area contributed by atoms with Crippen LogP contribution in [0.1, 0.15) is 0 Å². The second-order valence-electron chi connectivity index (χ2n) is 14.4. The third-order valence-corrected chi connectivity index (χ3v) is 11.0. The van der Waals surface area contributed by atoms with E-state index in [1.165, 1.54) is 10.8 Å². The molecule has 4 aromatic heterocycles. The second-order valence-corrected chi connectivity index (χ2v) is 14.4. The summed E-state index contributed by atoms with van der Waals surface area (Å²) in [7, 11) is 0. The number of nitrogens with zero attached hydrogens (tertiary/aromatic N) is 4. The molecule has 0 aliphatic heterocycles. The van der Waals surface area contributed by atoms with Gasteiger partial charge in [-0.1, -0.05) is 127 Å². The zero-order chi connectivity index (χ0) is 37.5. The summed E-state index contributed by atoms with van der Waals surface area (Å²) in [5.74, 6) is 1.80. The van der Waals surface area contributed by atoms with Crippen molar-refractivity contribution in [1.82, 2.24) is 19.5 Å². The average molecular weight is 731 g/mol. The molecule has 6 nitrogen and oxygen atoms in total. The molecule has 0 aliphatic rings. The molecular formula is C51H30N4O2. The van der Waals surface area contributed by atoms with Crippen LogP contribution in [0.5, 0.6) is 0 Å². The average Bonchev–Trinajstić information content (AvgIpc) is 3.95. The fraction of sp³-hybridized carbons (Fsp3) is 0. The van der Waals surface area contributed by atoms with Crippen LogP contribution in [0.4, 0.5) is 0 Å². The van der Waals surface area contributed by atoms with Gasteiger partial charge in [0.05, 0.1) is 11.0 Å². The lowest BCUT2D eigenvalue weighted by Crippen LogP contribution is -2.00. The predicted octanol–water partition coefficient (Wildman–Crippen LogP) is 13.4. The first kappa shape index (κ1) is 31.5. The van der Waals surface area contributed by atoms with E-state index in [4.69, 9.17) is 23.8 Å². The molecule has 0 aliphatic carbocycles. The Bertz CT molecular complexity index is 3540. The van der Waals surface area contributed by atoms with E-state index in [1.54, 1.807) is 0 Å². The van der Waals surface area contributed by atoms with Crippen LogP contribution in [-0.2, 0) is 0 Å². The van der Waals surface area contributed by atoms with E-state index in [-0.39, 0.29) is 0 Å². The van der Waals surface area contributed by atoms with Crippen molar-refractivity contribution in [2.45, 2.75) is 0 Å². The van der Waals surface area contributed by atoms with Crippen LogP contribution in [0.3, 0.4) is 0 Å². The SMILES string of the molecule is c1ccc(-c2nc(-c3cccc(-c4cccc(-n5c6ccccc6c6cc7c(cc65)oc5ccccc57)c4)c3)nc(-c3cccc4oc5ccccc5c34)n2)cc1. The number of fused-ring (bicyclic) bond motifs is 9. The zero-order valence-corrected chi connectivity index (χ0v) is 30.4. The third-order valence-electron chi connectivity index (χ3n) is 11.0. The Morgan fingerprint density at radius 2 is 0.930 bits per heavy atom. The van der Waals surface area contributed by atoms with Crippen molar-refractivity contribution < 1.29 is 8.83 Å². The van der Waals surface area contributed by atoms with Crippen LogP contribution in [0, 0.1) is 0 Å². The summed E-state index contributed by atoms with van der Waals surface area (Å²) in [5, 5.41) is 6.65. The van der Waals surface area contributed by atoms with Gasteiger partial charge in [0.25, 0.3) is 0 Å². The monoisotopic (exact) mass is 730 g/mol. The smallest absolute Gasteiger partial charge is 0.164 e. The van der Waals surface area contributed by atoms with E-state index in [9.17, 15) is 0 Å². The number of hydrogen-bond acceptors (Lipinski definition) is 5. The van der Waals surface area contributed by atoms with Crippen LogP contribution in [-0.4, -0.2) is 19.5 Å². The summed E-state index contributed by atoms with van der Waals surface area (Å²) in [6.45, 7) is 0. The number of hydrogen-bond donors (Lipinski definition) is 0. The largest absolute Gasteiger partial charge is 0.456 e. The number of rotatable bonds is 5. The van der Waals surface area contributed by atoms with Crippen molar-refractivity contribution in [3.8, 4) is 51.0 Å². The molecular weight excluding hydrogens is 701 g/mol. The van der Waals surface area contributed by atoms with Crippen LogP contribution < -0.4 is 0 Å². The van der Waals surface area contributed by atoms with Gasteiger partial charge in [0.15, 0.2) is 17.5 Å². The second kappa shape index (κ2) is 12.3. The highest BCUT2D eigenvalue weighted by atomic mass is 16.3. The van der Waals surface area contributed by atoms with Gasteiger partial charge in [0, 0.05) is 60.8 Å². The lowest BCUT2D eigenvalue weighted by atomic mass is 10.0. The Labute approximate surface area is 325 Å². The fourth-order valence-corrected chi connectivity index (χ4v) is 8.43. The lowest BCUT2D eigenvalue weighted by molar-refractivity contribution is 0.668. The first-order chi connectivity index (χ1) is 28.2. The predicted molar refractivity (Wildman–Crippen MR) is 230 cm³/mol. The van der Waals surface area contributed by atoms with Gasteiger partial charge in [-0.05, 0) is 59.7 Å². The molecule has 0 radical (unpaired) electrons. The molecule has 0 amide bonds. The van der Waals surface area contributed by atoms with Crippen molar-refractivity contribution in [1.29, 1.82) is 0 Å². The van der Waals surface area contributed by atoms with Gasteiger partial charge in [-0.3, -0.25) is 0 Å². The van der Waals surface area contributed by atoms with E-state index in [0.29, 0.717) is 17.5 Å². The third kappa shape index (κ3) is 5.01. The molecule has 6 heteroatoms. The molecule has 0 unspecified atom stereocenters. The Morgan fingerprint density at radius 3 is 1.79 bits per heavy atom. The molecule has 0 N–H and O–H groups in total. The molecule has 12 aromatic rings. The van der Waals surface area contributed by atoms with Crippen molar-refractivity contribution >= 4 is 65.7 Å². The summed E-state index contributed by atoms with van der Waals surface area (Å²) < 4.78 is 15.0. The van der Waals surface area contributed by atoms with Gasteiger partial charge in [0.1, 0.15) is 22.3 Å². The quantitative estimate of drug-likeness (QED) is 0.176. The van der Waals surface area contributed by atoms with Crippen LogP contribution in [0.25, 0.3) is 117 Å². The van der Waals surface area contributed by atoms with E-state index >= 15 is 0 Å². The molecule has 266 valence electrons. The summed E-state index contributed by atoms with van der Waals surface area (Å²) in [6, 6.07) is 62.7. The van der Waals surface area contributed by atoms with Crippen LogP contribution >= 0.6 is 0 Å². The molecule has 0 bridgehead atoms. The Hall–Kier alpha value is -7.83. The number of furan rings is 2. The summed E-state index contributed by atoms with van der Waals surface area (Å²) >= 11 is 0.